The van der Waals surface area contributed by atoms with Gasteiger partial charge in [0.1, 0.15) is 36.0 Å². The van der Waals surface area contributed by atoms with Gasteiger partial charge < -0.3 is 37.8 Å². The minimum atomic E-state index is -2.43. The zero-order chi connectivity index (χ0) is 43.0. The number of amides is 2. The van der Waals surface area contributed by atoms with E-state index in [4.69, 9.17) is 27.2 Å². The van der Waals surface area contributed by atoms with Crippen molar-refractivity contribution in [2.45, 2.75) is 128 Å². The third-order valence-electron chi connectivity index (χ3n) is 10.7. The zero-order valence-corrected chi connectivity index (χ0v) is 39.2. The van der Waals surface area contributed by atoms with Crippen LogP contribution in [0.15, 0.2) is 38.0 Å². The number of rotatable bonds is 20. The van der Waals surface area contributed by atoms with Crippen molar-refractivity contribution in [2.24, 2.45) is 0 Å². The summed E-state index contributed by atoms with van der Waals surface area (Å²) in [5.74, 6) is -2.62. The van der Waals surface area contributed by atoms with Gasteiger partial charge in [0.05, 0.1) is 27.4 Å². The second-order valence-electron chi connectivity index (χ2n) is 16.0. The number of pyridine rings is 1. The Labute approximate surface area is 346 Å². The first kappa shape index (κ1) is 47.7. The lowest BCUT2D eigenvalue weighted by atomic mass is 10.2. The van der Waals surface area contributed by atoms with Crippen LogP contribution in [0.5, 0.6) is 0 Å². The third kappa shape index (κ3) is 10.9. The van der Waals surface area contributed by atoms with Crippen molar-refractivity contribution < 1.29 is 46.3 Å². The van der Waals surface area contributed by atoms with Gasteiger partial charge in [-0.3, -0.25) is 9.59 Å². The summed E-state index contributed by atoms with van der Waals surface area (Å²) in [6.07, 6.45) is 2.33. The van der Waals surface area contributed by atoms with Crippen molar-refractivity contribution in [3.8, 4) is 0 Å². The van der Waals surface area contributed by atoms with E-state index in [-0.39, 0.29) is 81.0 Å². The predicted molar refractivity (Wildman–Crippen MR) is 222 cm³/mol. The highest BCUT2D eigenvalue weighted by Gasteiger charge is 2.47. The minimum Gasteiger partial charge on any atom is -0.464 e. The van der Waals surface area contributed by atoms with E-state index in [0.29, 0.717) is 4.47 Å². The van der Waals surface area contributed by atoms with Crippen molar-refractivity contribution in [1.82, 2.24) is 25.6 Å². The molecule has 2 amide bonds. The molecule has 0 spiro atoms. The van der Waals surface area contributed by atoms with Gasteiger partial charge in [-0.05, 0) is 45.4 Å². The Morgan fingerprint density at radius 3 is 1.18 bits per heavy atom. The molecule has 18 heteroatoms. The van der Waals surface area contributed by atoms with Crippen LogP contribution in [-0.4, -0.2) is 82.8 Å². The Hall–Kier alpha value is -3.72. The van der Waals surface area contributed by atoms with Gasteiger partial charge in [0.2, 0.25) is 11.8 Å². The molecule has 57 heavy (non-hydrogen) atoms. The molecule has 2 unspecified atom stereocenters. The standard InChI is InChI=1S/C39H60BrN5O10Si2/c1-21(2)56(22(3)4,23(5)6)54-19-30(36-44-32(17-52-36)38(48)50-13)42-34(46)28-15-27(40)16-29(41-28)35(47)43-31(37-45-33(18-53-37)39(49)51-14)20-55-57(24(7)8,25(9)10)26(11)12/h15-18,21-26,30-31H,19-20H2,1-14H3,(H,42,46)(H,43,47). The molecular weight excluding hydrogens is 835 g/mol. The zero-order valence-electron chi connectivity index (χ0n) is 35.6. The van der Waals surface area contributed by atoms with Gasteiger partial charge in [0, 0.05) is 4.47 Å². The Balaban J connectivity index is 2.00. The van der Waals surface area contributed by atoms with Crippen molar-refractivity contribution in [3.05, 3.63) is 63.7 Å². The maximum Gasteiger partial charge on any atom is 0.360 e. The SMILES string of the molecule is COC(=O)c1coc(C(CO[Si](C(C)C)(C(C)C)C(C)C)NC(=O)c2cc(Br)cc(C(=O)NC(CO[Si](C(C)C)(C(C)C)C(C)C)c3nc(C(=O)OC)co3)n2)n1. The fourth-order valence-corrected chi connectivity index (χ4v) is 19.6. The lowest BCUT2D eigenvalue weighted by Gasteiger charge is -2.42. The van der Waals surface area contributed by atoms with Crippen LogP contribution < -0.4 is 10.6 Å². The summed E-state index contributed by atoms with van der Waals surface area (Å²) < 4.78 is 35.0. The van der Waals surface area contributed by atoms with E-state index in [1.54, 1.807) is 0 Å². The molecule has 3 aromatic rings. The first-order chi connectivity index (χ1) is 26.6. The first-order valence-corrected chi connectivity index (χ1v) is 24.4. The van der Waals surface area contributed by atoms with E-state index in [9.17, 15) is 19.2 Å². The minimum absolute atomic E-state index is 0.00823. The molecule has 316 valence electrons. The molecule has 2 N–H and O–H groups in total. The van der Waals surface area contributed by atoms with Gasteiger partial charge in [-0.2, -0.15) is 0 Å². The molecule has 2 atom stereocenters. The Morgan fingerprint density at radius 1 is 0.579 bits per heavy atom. The normalized spacial score (nSPS) is 13.5. The topological polar surface area (TPSA) is 194 Å². The van der Waals surface area contributed by atoms with E-state index in [1.807, 2.05) is 0 Å². The Kier molecular flexibility index (Phi) is 17.0. The molecule has 3 rings (SSSR count). The monoisotopic (exact) mass is 893 g/mol. The number of ether oxygens (including phenoxy) is 2. The number of carbonyl (C=O) groups is 4. The number of carbonyl (C=O) groups excluding carboxylic acids is 4. The molecule has 0 aliphatic carbocycles. The Bertz CT molecular complexity index is 1670. The number of nitrogens with one attached hydrogen (secondary N) is 2. The molecule has 0 fully saturated rings. The lowest BCUT2D eigenvalue weighted by Crippen LogP contribution is -2.49. The number of methoxy groups -OCH3 is 2. The van der Waals surface area contributed by atoms with Crippen molar-refractivity contribution in [1.29, 1.82) is 0 Å². The fraction of sp³-hybridized carbons (Fsp3) is 0.615. The number of aromatic nitrogens is 3. The van der Waals surface area contributed by atoms with Crippen LogP contribution in [0, 0.1) is 0 Å². The average Bonchev–Trinajstić information content (AvgIpc) is 3.84. The number of nitrogens with zero attached hydrogens (tertiary/aromatic N) is 3. The molecule has 0 aliphatic rings. The van der Waals surface area contributed by atoms with Crippen LogP contribution in [-0.2, 0) is 18.3 Å². The van der Waals surface area contributed by atoms with E-state index in [2.05, 4.69) is 125 Å². The quantitative estimate of drug-likeness (QED) is 0.0809. The van der Waals surface area contributed by atoms with Gasteiger partial charge in [-0.15, -0.1) is 0 Å². The first-order valence-electron chi connectivity index (χ1n) is 19.3. The van der Waals surface area contributed by atoms with E-state index in [1.165, 1.54) is 26.4 Å². The number of halogens is 1. The maximum absolute atomic E-state index is 14.0. The van der Waals surface area contributed by atoms with Crippen LogP contribution in [0.3, 0.4) is 0 Å². The molecule has 0 radical (unpaired) electrons. The molecule has 3 aromatic heterocycles. The molecule has 15 nitrogen and oxygen atoms in total. The molecule has 0 saturated carbocycles. The van der Waals surface area contributed by atoms with E-state index < -0.39 is 52.5 Å². The molecular formula is C39H60BrN5O10Si2. The Morgan fingerprint density at radius 2 is 0.895 bits per heavy atom. The van der Waals surface area contributed by atoms with Gasteiger partial charge in [0.15, 0.2) is 28.0 Å². The van der Waals surface area contributed by atoms with Crippen LogP contribution in [0.4, 0.5) is 0 Å². The smallest absolute Gasteiger partial charge is 0.360 e. The molecule has 0 bridgehead atoms. The van der Waals surface area contributed by atoms with Crippen molar-refractivity contribution in [2.75, 3.05) is 27.4 Å². The summed E-state index contributed by atoms with van der Waals surface area (Å²) in [4.78, 5) is 65.6. The fourth-order valence-electron chi connectivity index (χ4n) is 8.29. The second kappa shape index (κ2) is 20.3. The summed E-state index contributed by atoms with van der Waals surface area (Å²) in [6.45, 7) is 25.8. The van der Waals surface area contributed by atoms with Crippen LogP contribution in [0.25, 0.3) is 0 Å². The van der Waals surface area contributed by atoms with E-state index in [0.717, 1.165) is 12.5 Å². The molecule has 0 saturated heterocycles. The lowest BCUT2D eigenvalue weighted by molar-refractivity contribution is 0.0585. The summed E-state index contributed by atoms with van der Waals surface area (Å²) in [6, 6.07) is 1.08. The summed E-state index contributed by atoms with van der Waals surface area (Å²) >= 11 is 3.43. The summed E-state index contributed by atoms with van der Waals surface area (Å²) in [7, 11) is -2.40. The van der Waals surface area contributed by atoms with E-state index >= 15 is 0 Å². The highest BCUT2D eigenvalue weighted by Crippen LogP contribution is 2.44. The molecule has 0 aromatic carbocycles. The van der Waals surface area contributed by atoms with Crippen molar-refractivity contribution >= 4 is 56.3 Å². The number of esters is 2. The summed E-state index contributed by atoms with van der Waals surface area (Å²) in [5.41, 5.74) is 1.15. The van der Waals surface area contributed by atoms with Crippen LogP contribution >= 0.6 is 15.9 Å². The largest absolute Gasteiger partial charge is 0.464 e. The highest BCUT2D eigenvalue weighted by molar-refractivity contribution is 9.10. The van der Waals surface area contributed by atoms with Gasteiger partial charge in [0.25, 0.3) is 11.8 Å². The number of oxazole rings is 2. The predicted octanol–water partition coefficient (Wildman–Crippen LogP) is 8.72. The average molecular weight is 895 g/mol. The summed E-state index contributed by atoms with van der Waals surface area (Å²) in [5, 5.41) is 5.81. The number of hydrogen-bond acceptors (Lipinski definition) is 13. The molecule has 0 aliphatic heterocycles. The maximum atomic E-state index is 14.0. The van der Waals surface area contributed by atoms with Gasteiger partial charge >= 0.3 is 11.9 Å². The van der Waals surface area contributed by atoms with Crippen LogP contribution in [0.2, 0.25) is 33.2 Å². The number of hydrogen-bond donors (Lipinski definition) is 2. The third-order valence-corrected chi connectivity index (χ3v) is 23.3. The molecule has 3 heterocycles. The van der Waals surface area contributed by atoms with Gasteiger partial charge in [-0.25, -0.2) is 24.5 Å². The highest BCUT2D eigenvalue weighted by atomic mass is 79.9. The van der Waals surface area contributed by atoms with Crippen LogP contribution in [0.1, 0.15) is 149 Å². The van der Waals surface area contributed by atoms with Crippen molar-refractivity contribution in [3.63, 3.8) is 0 Å². The van der Waals surface area contributed by atoms with Gasteiger partial charge in [-0.1, -0.05) is 99.0 Å². The second-order valence-corrected chi connectivity index (χ2v) is 27.8.